The molecular formula is C10H8N2. The summed E-state index contributed by atoms with van der Waals surface area (Å²) in [5, 5.41) is 0. The van der Waals surface area contributed by atoms with Crippen molar-refractivity contribution in [2.24, 2.45) is 0 Å². The number of rotatable bonds is 0. The standard InChI is InChI=1S/C10H8N2/c1-2-5-10-11-8-6-3-4-7-9(8)12-10/h3-4,6-7H,1H3,(H,11,12). The minimum atomic E-state index is 0.735. The molecule has 0 unspecified atom stereocenters. The van der Waals surface area contributed by atoms with E-state index < -0.39 is 0 Å². The predicted molar refractivity (Wildman–Crippen MR) is 48.6 cm³/mol. The molecule has 0 atom stereocenters. The van der Waals surface area contributed by atoms with Crippen molar-refractivity contribution in [2.45, 2.75) is 6.92 Å². The average Bonchev–Trinajstić information content (AvgIpc) is 2.47. The Hall–Kier alpha value is -1.75. The molecule has 0 aliphatic heterocycles. The summed E-state index contributed by atoms with van der Waals surface area (Å²) in [4.78, 5) is 7.39. The van der Waals surface area contributed by atoms with Gasteiger partial charge in [0.2, 0.25) is 0 Å². The van der Waals surface area contributed by atoms with Crippen molar-refractivity contribution in [3.8, 4) is 11.8 Å². The van der Waals surface area contributed by atoms with Crippen molar-refractivity contribution in [1.82, 2.24) is 9.97 Å². The first-order chi connectivity index (χ1) is 5.90. The minimum absolute atomic E-state index is 0.735. The number of H-pyrrole nitrogens is 1. The molecule has 2 nitrogen and oxygen atoms in total. The molecule has 12 heavy (non-hydrogen) atoms. The van der Waals surface area contributed by atoms with Crippen molar-refractivity contribution < 1.29 is 0 Å². The highest BCUT2D eigenvalue weighted by atomic mass is 14.9. The molecule has 0 radical (unpaired) electrons. The fourth-order valence-electron chi connectivity index (χ4n) is 1.13. The van der Waals surface area contributed by atoms with Crippen LogP contribution in [0.5, 0.6) is 0 Å². The van der Waals surface area contributed by atoms with E-state index in [1.54, 1.807) is 6.92 Å². The van der Waals surface area contributed by atoms with Gasteiger partial charge in [-0.3, -0.25) is 0 Å². The largest absolute Gasteiger partial charge is 0.331 e. The van der Waals surface area contributed by atoms with Gasteiger partial charge < -0.3 is 4.98 Å². The molecule has 0 saturated heterocycles. The molecular weight excluding hydrogens is 148 g/mol. The first-order valence-electron chi connectivity index (χ1n) is 3.77. The summed E-state index contributed by atoms with van der Waals surface area (Å²) in [6, 6.07) is 7.89. The number of aromatic amines is 1. The van der Waals surface area contributed by atoms with Gasteiger partial charge >= 0.3 is 0 Å². The van der Waals surface area contributed by atoms with Crippen LogP contribution in [0.15, 0.2) is 24.3 Å². The van der Waals surface area contributed by atoms with Crippen molar-refractivity contribution in [3.05, 3.63) is 30.1 Å². The number of aromatic nitrogens is 2. The molecule has 1 heterocycles. The van der Waals surface area contributed by atoms with Gasteiger partial charge in [-0.2, -0.15) is 0 Å². The summed E-state index contributed by atoms with van der Waals surface area (Å²) in [6.45, 7) is 1.80. The van der Waals surface area contributed by atoms with E-state index in [1.807, 2.05) is 24.3 Å². The van der Waals surface area contributed by atoms with Crippen LogP contribution in [0, 0.1) is 11.8 Å². The Bertz CT molecular complexity index is 424. The van der Waals surface area contributed by atoms with Gasteiger partial charge in [-0.05, 0) is 25.0 Å². The smallest absolute Gasteiger partial charge is 0.183 e. The van der Waals surface area contributed by atoms with Crippen LogP contribution in [0.3, 0.4) is 0 Å². The Morgan fingerprint density at radius 2 is 2.17 bits per heavy atom. The summed E-state index contributed by atoms with van der Waals surface area (Å²) in [7, 11) is 0. The lowest BCUT2D eigenvalue weighted by Crippen LogP contribution is -1.73. The van der Waals surface area contributed by atoms with E-state index in [-0.39, 0.29) is 0 Å². The van der Waals surface area contributed by atoms with Crippen LogP contribution in [0.1, 0.15) is 12.7 Å². The van der Waals surface area contributed by atoms with E-state index in [1.165, 1.54) is 0 Å². The Morgan fingerprint density at radius 1 is 1.33 bits per heavy atom. The number of imidazole rings is 1. The van der Waals surface area contributed by atoms with Gasteiger partial charge in [0.1, 0.15) is 0 Å². The van der Waals surface area contributed by atoms with E-state index in [0.29, 0.717) is 0 Å². The molecule has 0 aliphatic carbocycles. The third-order valence-corrected chi connectivity index (χ3v) is 1.63. The lowest BCUT2D eigenvalue weighted by molar-refractivity contribution is 1.28. The highest BCUT2D eigenvalue weighted by Crippen LogP contribution is 2.08. The predicted octanol–water partition coefficient (Wildman–Crippen LogP) is 1.93. The lowest BCUT2D eigenvalue weighted by Gasteiger charge is -1.81. The van der Waals surface area contributed by atoms with Crippen molar-refractivity contribution in [3.63, 3.8) is 0 Å². The zero-order valence-corrected chi connectivity index (χ0v) is 6.76. The van der Waals surface area contributed by atoms with E-state index >= 15 is 0 Å². The van der Waals surface area contributed by atoms with Gasteiger partial charge in [-0.1, -0.05) is 18.1 Å². The Morgan fingerprint density at radius 3 is 2.92 bits per heavy atom. The molecule has 0 saturated carbocycles. The van der Waals surface area contributed by atoms with Crippen LogP contribution in [-0.4, -0.2) is 9.97 Å². The molecule has 1 aromatic carbocycles. The fourth-order valence-corrected chi connectivity index (χ4v) is 1.13. The van der Waals surface area contributed by atoms with Crippen molar-refractivity contribution in [2.75, 3.05) is 0 Å². The van der Waals surface area contributed by atoms with E-state index in [4.69, 9.17) is 0 Å². The summed E-state index contributed by atoms with van der Waals surface area (Å²) in [5.41, 5.74) is 2.01. The monoisotopic (exact) mass is 156 g/mol. The topological polar surface area (TPSA) is 28.7 Å². The van der Waals surface area contributed by atoms with Gasteiger partial charge in [0.05, 0.1) is 11.0 Å². The molecule has 0 spiro atoms. The third kappa shape index (κ3) is 1.06. The van der Waals surface area contributed by atoms with Crippen LogP contribution in [0.25, 0.3) is 11.0 Å². The SMILES string of the molecule is CC#Cc1nc2ccccc2[nH]1. The van der Waals surface area contributed by atoms with Crippen LogP contribution in [0.4, 0.5) is 0 Å². The first kappa shape index (κ1) is 6.93. The van der Waals surface area contributed by atoms with Gasteiger partial charge in [0, 0.05) is 0 Å². The van der Waals surface area contributed by atoms with Gasteiger partial charge in [0.25, 0.3) is 0 Å². The summed E-state index contributed by atoms with van der Waals surface area (Å²) >= 11 is 0. The summed E-state index contributed by atoms with van der Waals surface area (Å²) in [5.74, 6) is 6.42. The van der Waals surface area contributed by atoms with E-state index in [2.05, 4.69) is 21.8 Å². The normalized spacial score (nSPS) is 9.42. The minimum Gasteiger partial charge on any atom is -0.331 e. The van der Waals surface area contributed by atoms with Crippen LogP contribution in [-0.2, 0) is 0 Å². The number of hydrogen-bond donors (Lipinski definition) is 1. The molecule has 1 N–H and O–H groups in total. The molecule has 0 aliphatic rings. The maximum atomic E-state index is 4.27. The highest BCUT2D eigenvalue weighted by Gasteiger charge is 1.96. The van der Waals surface area contributed by atoms with Gasteiger partial charge in [-0.25, -0.2) is 4.98 Å². The highest BCUT2D eigenvalue weighted by molar-refractivity contribution is 5.75. The average molecular weight is 156 g/mol. The zero-order chi connectivity index (χ0) is 8.39. The molecule has 2 rings (SSSR count). The third-order valence-electron chi connectivity index (χ3n) is 1.63. The molecule has 58 valence electrons. The Kier molecular flexibility index (Phi) is 1.56. The number of nitrogens with zero attached hydrogens (tertiary/aromatic N) is 1. The van der Waals surface area contributed by atoms with Crippen LogP contribution >= 0.6 is 0 Å². The van der Waals surface area contributed by atoms with Crippen molar-refractivity contribution >= 4 is 11.0 Å². The first-order valence-corrected chi connectivity index (χ1v) is 3.77. The summed E-state index contributed by atoms with van der Waals surface area (Å²) < 4.78 is 0. The molecule has 0 fully saturated rings. The number of para-hydroxylation sites is 2. The Labute approximate surface area is 70.6 Å². The second-order valence-electron chi connectivity index (χ2n) is 2.48. The second kappa shape index (κ2) is 2.71. The van der Waals surface area contributed by atoms with Gasteiger partial charge in [-0.15, -0.1) is 0 Å². The number of hydrogen-bond acceptors (Lipinski definition) is 1. The van der Waals surface area contributed by atoms with Crippen LogP contribution in [0.2, 0.25) is 0 Å². The van der Waals surface area contributed by atoms with E-state index in [9.17, 15) is 0 Å². The number of benzene rings is 1. The quantitative estimate of drug-likeness (QED) is 0.580. The van der Waals surface area contributed by atoms with Gasteiger partial charge in [0.15, 0.2) is 5.82 Å². The number of nitrogens with one attached hydrogen (secondary N) is 1. The molecule has 2 aromatic rings. The zero-order valence-electron chi connectivity index (χ0n) is 6.76. The lowest BCUT2D eigenvalue weighted by atomic mass is 10.3. The molecule has 1 aromatic heterocycles. The Balaban J connectivity index is 2.67. The molecule has 0 amide bonds. The summed E-state index contributed by atoms with van der Waals surface area (Å²) in [6.07, 6.45) is 0. The van der Waals surface area contributed by atoms with Crippen molar-refractivity contribution in [1.29, 1.82) is 0 Å². The maximum Gasteiger partial charge on any atom is 0.183 e. The van der Waals surface area contributed by atoms with E-state index in [0.717, 1.165) is 16.9 Å². The molecule has 0 bridgehead atoms. The molecule has 2 heteroatoms. The fraction of sp³-hybridized carbons (Fsp3) is 0.100. The van der Waals surface area contributed by atoms with Crippen LogP contribution < -0.4 is 0 Å². The number of fused-ring (bicyclic) bond motifs is 1. The second-order valence-corrected chi connectivity index (χ2v) is 2.48. The maximum absolute atomic E-state index is 4.27.